The molecular formula is C21H17F3N6O2. The van der Waals surface area contributed by atoms with Gasteiger partial charge in [0.25, 0.3) is 11.8 Å². The molecule has 1 aliphatic heterocycles. The van der Waals surface area contributed by atoms with E-state index in [9.17, 15) is 18.0 Å². The summed E-state index contributed by atoms with van der Waals surface area (Å²) in [5, 5.41) is 6.39. The molecular weight excluding hydrogens is 425 g/mol. The van der Waals surface area contributed by atoms with Crippen LogP contribution in [-0.2, 0) is 6.54 Å². The Morgan fingerprint density at radius 2 is 2.12 bits per heavy atom. The van der Waals surface area contributed by atoms with Gasteiger partial charge in [-0.25, -0.2) is 18.2 Å². The first-order valence-electron chi connectivity index (χ1n) is 9.84. The van der Waals surface area contributed by atoms with Gasteiger partial charge in [0, 0.05) is 24.7 Å². The summed E-state index contributed by atoms with van der Waals surface area (Å²) in [6, 6.07) is 9.30. The quantitative estimate of drug-likeness (QED) is 0.508. The lowest BCUT2D eigenvalue weighted by molar-refractivity contribution is 0.0106. The highest BCUT2D eigenvalue weighted by Gasteiger charge is 2.38. The molecule has 0 saturated carbocycles. The summed E-state index contributed by atoms with van der Waals surface area (Å²) in [5.74, 6) is -3.55. The molecule has 8 nitrogen and oxygen atoms in total. The van der Waals surface area contributed by atoms with Crippen molar-refractivity contribution in [3.63, 3.8) is 0 Å². The van der Waals surface area contributed by atoms with Gasteiger partial charge in [-0.15, -0.1) is 0 Å². The number of benzene rings is 1. The molecule has 0 bridgehead atoms. The van der Waals surface area contributed by atoms with Crippen LogP contribution in [0.2, 0.25) is 0 Å². The van der Waals surface area contributed by atoms with Gasteiger partial charge < -0.3 is 9.84 Å². The van der Waals surface area contributed by atoms with Gasteiger partial charge in [-0.3, -0.25) is 14.1 Å². The molecule has 3 aromatic heterocycles. The van der Waals surface area contributed by atoms with Crippen LogP contribution >= 0.6 is 0 Å². The number of halogens is 3. The van der Waals surface area contributed by atoms with Crippen molar-refractivity contribution in [1.29, 1.82) is 0 Å². The van der Waals surface area contributed by atoms with Gasteiger partial charge >= 0.3 is 0 Å². The number of fused-ring (bicyclic) bond motifs is 1. The molecule has 164 valence electrons. The lowest BCUT2D eigenvalue weighted by Crippen LogP contribution is -2.24. The summed E-state index contributed by atoms with van der Waals surface area (Å²) in [5.41, 5.74) is 1.17. The van der Waals surface area contributed by atoms with Crippen LogP contribution in [0.5, 0.6) is 0 Å². The lowest BCUT2D eigenvalue weighted by atomic mass is 10.2. The number of alkyl halides is 2. The molecule has 32 heavy (non-hydrogen) atoms. The molecule has 1 fully saturated rings. The van der Waals surface area contributed by atoms with E-state index in [0.717, 1.165) is 0 Å². The molecule has 1 N–H and O–H groups in total. The molecule has 0 aliphatic carbocycles. The van der Waals surface area contributed by atoms with Crippen molar-refractivity contribution in [3.05, 3.63) is 66.2 Å². The molecule has 5 rings (SSSR count). The van der Waals surface area contributed by atoms with E-state index in [0.29, 0.717) is 11.2 Å². The number of carbonyl (C=O) groups excluding carboxylic acids is 1. The average Bonchev–Trinajstić information content (AvgIpc) is 3.48. The fourth-order valence-corrected chi connectivity index (χ4v) is 3.62. The number of likely N-dealkylation sites (tertiary alicyclic amines) is 1. The zero-order valence-electron chi connectivity index (χ0n) is 16.6. The Balaban J connectivity index is 1.34. The van der Waals surface area contributed by atoms with E-state index in [4.69, 9.17) is 4.52 Å². The largest absolute Gasteiger partial charge is 0.338 e. The first kappa shape index (κ1) is 20.2. The maximum Gasteiger partial charge on any atom is 0.274 e. The van der Waals surface area contributed by atoms with Crippen LogP contribution in [0.4, 0.5) is 18.9 Å². The molecule has 0 radical (unpaired) electrons. The number of anilines is 1. The number of nitrogens with zero attached hydrogens (tertiary/aromatic N) is 5. The van der Waals surface area contributed by atoms with Gasteiger partial charge in [-0.1, -0.05) is 11.2 Å². The molecule has 11 heteroatoms. The van der Waals surface area contributed by atoms with Crippen molar-refractivity contribution in [2.75, 3.05) is 18.4 Å². The van der Waals surface area contributed by atoms with Gasteiger partial charge in [0.2, 0.25) is 11.7 Å². The predicted molar refractivity (Wildman–Crippen MR) is 108 cm³/mol. The molecule has 0 atom stereocenters. The number of imidazole rings is 1. The van der Waals surface area contributed by atoms with Crippen LogP contribution < -0.4 is 5.32 Å². The van der Waals surface area contributed by atoms with Gasteiger partial charge in [0.15, 0.2) is 0 Å². The highest BCUT2D eigenvalue weighted by molar-refractivity contribution is 6.03. The van der Waals surface area contributed by atoms with E-state index in [-0.39, 0.29) is 49.2 Å². The lowest BCUT2D eigenvalue weighted by Gasteiger charge is -2.12. The minimum Gasteiger partial charge on any atom is -0.338 e. The summed E-state index contributed by atoms with van der Waals surface area (Å²) in [4.78, 5) is 22.6. The average molecular weight is 442 g/mol. The Bertz CT molecular complexity index is 1300. The number of nitrogens with one attached hydrogen (secondary N) is 1. The summed E-state index contributed by atoms with van der Waals surface area (Å²) in [6.07, 6.45) is 2.88. The zero-order chi connectivity index (χ0) is 22.3. The number of hydrogen-bond donors (Lipinski definition) is 1. The number of hydrogen-bond acceptors (Lipinski definition) is 6. The number of pyridine rings is 1. The van der Waals surface area contributed by atoms with Crippen LogP contribution in [0, 0.1) is 5.82 Å². The predicted octanol–water partition coefficient (Wildman–Crippen LogP) is 3.62. The van der Waals surface area contributed by atoms with E-state index in [1.54, 1.807) is 28.8 Å². The van der Waals surface area contributed by atoms with Crippen LogP contribution in [0.15, 0.2) is 53.3 Å². The minimum atomic E-state index is -2.71. The van der Waals surface area contributed by atoms with Crippen LogP contribution in [-0.4, -0.2) is 49.3 Å². The van der Waals surface area contributed by atoms with E-state index in [1.165, 1.54) is 29.3 Å². The monoisotopic (exact) mass is 442 g/mol. The standard InChI is InChI=1S/C21H17F3N6O2/c22-14-5-4-13(19-27-18(32-28-19)11-29-8-6-21(23,24)12-29)9-15(14)26-20(31)16-10-25-17-3-1-2-7-30(16)17/h1-5,7,9-10H,6,8,11-12H2,(H,26,31). The maximum atomic E-state index is 14.4. The summed E-state index contributed by atoms with van der Waals surface area (Å²) in [7, 11) is 0. The second-order valence-corrected chi connectivity index (χ2v) is 7.55. The normalized spacial score (nSPS) is 16.0. The van der Waals surface area contributed by atoms with Crippen molar-refractivity contribution < 1.29 is 22.5 Å². The van der Waals surface area contributed by atoms with E-state index < -0.39 is 17.6 Å². The van der Waals surface area contributed by atoms with E-state index in [1.807, 2.05) is 0 Å². The van der Waals surface area contributed by atoms with Gasteiger partial charge in [-0.2, -0.15) is 4.98 Å². The highest BCUT2D eigenvalue weighted by Crippen LogP contribution is 2.28. The first-order valence-corrected chi connectivity index (χ1v) is 9.84. The Kier molecular flexibility index (Phi) is 4.89. The third kappa shape index (κ3) is 3.94. The Morgan fingerprint density at radius 1 is 1.25 bits per heavy atom. The molecule has 4 heterocycles. The first-order chi connectivity index (χ1) is 15.4. The summed E-state index contributed by atoms with van der Waals surface area (Å²) < 4.78 is 47.8. The summed E-state index contributed by atoms with van der Waals surface area (Å²) >= 11 is 0. The van der Waals surface area contributed by atoms with E-state index >= 15 is 0 Å². The molecule has 1 amide bonds. The zero-order valence-corrected chi connectivity index (χ0v) is 16.6. The molecule has 1 aromatic carbocycles. The smallest absolute Gasteiger partial charge is 0.274 e. The second kappa shape index (κ2) is 7.75. The molecule has 1 aliphatic rings. The Morgan fingerprint density at radius 3 is 2.94 bits per heavy atom. The number of carbonyl (C=O) groups is 1. The summed E-state index contributed by atoms with van der Waals surface area (Å²) in [6.45, 7) is -0.0247. The van der Waals surface area contributed by atoms with Gasteiger partial charge in [0.1, 0.15) is 17.2 Å². The number of rotatable bonds is 5. The highest BCUT2D eigenvalue weighted by atomic mass is 19.3. The minimum absolute atomic E-state index is 0.0658. The molecule has 4 aromatic rings. The Labute approximate surface area is 179 Å². The molecule has 0 unspecified atom stereocenters. The molecule has 0 spiro atoms. The fourth-order valence-electron chi connectivity index (χ4n) is 3.62. The molecule has 1 saturated heterocycles. The van der Waals surface area contributed by atoms with Gasteiger partial charge in [-0.05, 0) is 30.3 Å². The van der Waals surface area contributed by atoms with Crippen molar-refractivity contribution in [2.24, 2.45) is 0 Å². The third-order valence-corrected chi connectivity index (χ3v) is 5.20. The number of amides is 1. The third-order valence-electron chi connectivity index (χ3n) is 5.20. The topological polar surface area (TPSA) is 88.6 Å². The Hall–Kier alpha value is -3.73. The van der Waals surface area contributed by atoms with Crippen LogP contribution in [0.3, 0.4) is 0 Å². The van der Waals surface area contributed by atoms with Crippen molar-refractivity contribution >= 4 is 17.2 Å². The van der Waals surface area contributed by atoms with Crippen molar-refractivity contribution in [2.45, 2.75) is 18.9 Å². The van der Waals surface area contributed by atoms with Crippen LogP contribution in [0.25, 0.3) is 17.0 Å². The maximum absolute atomic E-state index is 14.4. The second-order valence-electron chi connectivity index (χ2n) is 7.55. The number of aromatic nitrogens is 4. The SMILES string of the molecule is O=C(Nc1cc(-c2noc(CN3CCC(F)(F)C3)n2)ccc1F)c1cnc2ccccn12. The van der Waals surface area contributed by atoms with Crippen molar-refractivity contribution in [1.82, 2.24) is 24.4 Å². The van der Waals surface area contributed by atoms with E-state index in [2.05, 4.69) is 20.4 Å². The van der Waals surface area contributed by atoms with Crippen LogP contribution in [0.1, 0.15) is 22.8 Å². The fraction of sp³-hybridized carbons (Fsp3) is 0.238. The van der Waals surface area contributed by atoms with Gasteiger partial charge in [0.05, 0.1) is 25.0 Å². The van der Waals surface area contributed by atoms with Crippen molar-refractivity contribution in [3.8, 4) is 11.4 Å².